The minimum absolute atomic E-state index is 0.286. The van der Waals surface area contributed by atoms with E-state index in [2.05, 4.69) is 35.0 Å². The Bertz CT molecular complexity index is 473. The van der Waals surface area contributed by atoms with Crippen molar-refractivity contribution < 1.29 is 4.42 Å². The van der Waals surface area contributed by atoms with Gasteiger partial charge in [0.25, 0.3) is 0 Å². The standard InChI is InChI=1S/C14H21N3O/c1-4-15-13(9-12-6-7-18-10-12)14-8-11(3)16-17(14)5-2/h6-8,10,13,15H,4-5,9H2,1-3H3. The van der Waals surface area contributed by atoms with Crippen molar-refractivity contribution in [1.82, 2.24) is 15.1 Å². The van der Waals surface area contributed by atoms with Crippen LogP contribution in [0.5, 0.6) is 0 Å². The van der Waals surface area contributed by atoms with E-state index in [0.29, 0.717) is 0 Å². The van der Waals surface area contributed by atoms with E-state index in [1.165, 1.54) is 11.3 Å². The smallest absolute Gasteiger partial charge is 0.0935 e. The Balaban J connectivity index is 2.22. The van der Waals surface area contributed by atoms with Crippen LogP contribution in [0.3, 0.4) is 0 Å². The van der Waals surface area contributed by atoms with E-state index >= 15 is 0 Å². The number of hydrogen-bond acceptors (Lipinski definition) is 3. The van der Waals surface area contributed by atoms with Crippen molar-refractivity contribution in [3.05, 3.63) is 41.6 Å². The van der Waals surface area contributed by atoms with E-state index in [0.717, 1.165) is 25.2 Å². The van der Waals surface area contributed by atoms with Gasteiger partial charge in [-0.2, -0.15) is 5.10 Å². The third kappa shape index (κ3) is 2.82. The lowest BCUT2D eigenvalue weighted by molar-refractivity contribution is 0.486. The topological polar surface area (TPSA) is 43.0 Å². The molecule has 0 spiro atoms. The number of aryl methyl sites for hydroxylation is 2. The molecule has 18 heavy (non-hydrogen) atoms. The fourth-order valence-corrected chi connectivity index (χ4v) is 2.27. The zero-order valence-electron chi connectivity index (χ0n) is 11.3. The monoisotopic (exact) mass is 247 g/mol. The van der Waals surface area contributed by atoms with Crippen molar-refractivity contribution >= 4 is 0 Å². The highest BCUT2D eigenvalue weighted by atomic mass is 16.3. The molecule has 4 heteroatoms. The second kappa shape index (κ2) is 5.87. The summed E-state index contributed by atoms with van der Waals surface area (Å²) in [6.07, 6.45) is 4.46. The highest BCUT2D eigenvalue weighted by molar-refractivity contribution is 5.18. The summed E-state index contributed by atoms with van der Waals surface area (Å²) >= 11 is 0. The molecule has 1 unspecified atom stereocenters. The first-order valence-corrected chi connectivity index (χ1v) is 6.53. The molecule has 98 valence electrons. The van der Waals surface area contributed by atoms with Gasteiger partial charge >= 0.3 is 0 Å². The van der Waals surface area contributed by atoms with Gasteiger partial charge < -0.3 is 9.73 Å². The molecule has 0 radical (unpaired) electrons. The molecule has 2 heterocycles. The lowest BCUT2D eigenvalue weighted by Crippen LogP contribution is -2.25. The molecular formula is C14H21N3O. The van der Waals surface area contributed by atoms with Crippen molar-refractivity contribution in [2.24, 2.45) is 0 Å². The van der Waals surface area contributed by atoms with E-state index in [-0.39, 0.29) is 6.04 Å². The fraction of sp³-hybridized carbons (Fsp3) is 0.500. The average Bonchev–Trinajstić information content (AvgIpc) is 2.97. The Morgan fingerprint density at radius 3 is 2.89 bits per heavy atom. The number of likely N-dealkylation sites (N-methyl/N-ethyl adjacent to an activating group) is 1. The van der Waals surface area contributed by atoms with Crippen molar-refractivity contribution in [1.29, 1.82) is 0 Å². The van der Waals surface area contributed by atoms with Crippen LogP contribution in [0, 0.1) is 6.92 Å². The minimum Gasteiger partial charge on any atom is -0.472 e. The Morgan fingerprint density at radius 1 is 1.44 bits per heavy atom. The first kappa shape index (κ1) is 12.9. The van der Waals surface area contributed by atoms with E-state index in [1.54, 1.807) is 6.26 Å². The van der Waals surface area contributed by atoms with Crippen molar-refractivity contribution in [2.75, 3.05) is 6.54 Å². The van der Waals surface area contributed by atoms with Gasteiger partial charge in [0.2, 0.25) is 0 Å². The zero-order valence-corrected chi connectivity index (χ0v) is 11.3. The molecule has 0 aromatic carbocycles. The quantitative estimate of drug-likeness (QED) is 0.853. The molecule has 4 nitrogen and oxygen atoms in total. The first-order chi connectivity index (χ1) is 8.74. The molecule has 2 aromatic rings. The van der Waals surface area contributed by atoms with Gasteiger partial charge in [-0.25, -0.2) is 0 Å². The average molecular weight is 247 g/mol. The lowest BCUT2D eigenvalue weighted by Gasteiger charge is -2.18. The van der Waals surface area contributed by atoms with Gasteiger partial charge in [-0.3, -0.25) is 4.68 Å². The molecule has 1 atom stereocenters. The fourth-order valence-electron chi connectivity index (χ4n) is 2.27. The summed E-state index contributed by atoms with van der Waals surface area (Å²) in [5.74, 6) is 0. The maximum absolute atomic E-state index is 5.14. The SMILES string of the molecule is CCNC(Cc1ccoc1)c1cc(C)nn1CC. The molecule has 0 amide bonds. The molecule has 0 fully saturated rings. The molecule has 0 aliphatic carbocycles. The summed E-state index contributed by atoms with van der Waals surface area (Å²) < 4.78 is 7.21. The van der Waals surface area contributed by atoms with E-state index in [1.807, 2.05) is 19.3 Å². The second-order valence-corrected chi connectivity index (χ2v) is 4.47. The molecule has 1 N–H and O–H groups in total. The minimum atomic E-state index is 0.286. The first-order valence-electron chi connectivity index (χ1n) is 6.53. The van der Waals surface area contributed by atoms with Crippen LogP contribution in [-0.4, -0.2) is 16.3 Å². The van der Waals surface area contributed by atoms with Crippen LogP contribution in [0.2, 0.25) is 0 Å². The predicted octanol–water partition coefficient (Wildman–Crippen LogP) is 2.70. The Hall–Kier alpha value is -1.55. The van der Waals surface area contributed by atoms with Crippen LogP contribution in [0.25, 0.3) is 0 Å². The summed E-state index contributed by atoms with van der Waals surface area (Å²) in [5.41, 5.74) is 3.53. The number of rotatable bonds is 6. The van der Waals surface area contributed by atoms with Crippen LogP contribution in [0.15, 0.2) is 29.1 Å². The summed E-state index contributed by atoms with van der Waals surface area (Å²) in [6, 6.07) is 4.47. The summed E-state index contributed by atoms with van der Waals surface area (Å²) in [6.45, 7) is 8.13. The van der Waals surface area contributed by atoms with E-state index in [9.17, 15) is 0 Å². The highest BCUT2D eigenvalue weighted by Crippen LogP contribution is 2.20. The molecule has 0 bridgehead atoms. The van der Waals surface area contributed by atoms with Crippen LogP contribution < -0.4 is 5.32 Å². The van der Waals surface area contributed by atoms with Crippen LogP contribution >= 0.6 is 0 Å². The van der Waals surface area contributed by atoms with Crippen LogP contribution in [0.1, 0.15) is 36.8 Å². The summed E-state index contributed by atoms with van der Waals surface area (Å²) in [7, 11) is 0. The number of aromatic nitrogens is 2. The van der Waals surface area contributed by atoms with Gasteiger partial charge in [0, 0.05) is 6.54 Å². The van der Waals surface area contributed by atoms with Gasteiger partial charge in [0.15, 0.2) is 0 Å². The molecule has 0 saturated heterocycles. The third-order valence-electron chi connectivity index (χ3n) is 3.06. The molecular weight excluding hydrogens is 226 g/mol. The summed E-state index contributed by atoms with van der Waals surface area (Å²) in [5, 5.41) is 8.04. The molecule has 0 aliphatic rings. The van der Waals surface area contributed by atoms with Crippen LogP contribution in [0.4, 0.5) is 0 Å². The second-order valence-electron chi connectivity index (χ2n) is 4.47. The third-order valence-corrected chi connectivity index (χ3v) is 3.06. The Labute approximate surface area is 108 Å². The molecule has 0 aliphatic heterocycles. The van der Waals surface area contributed by atoms with Crippen molar-refractivity contribution in [3.8, 4) is 0 Å². The maximum atomic E-state index is 5.14. The number of hydrogen-bond donors (Lipinski definition) is 1. The van der Waals surface area contributed by atoms with E-state index < -0.39 is 0 Å². The number of nitrogens with zero attached hydrogens (tertiary/aromatic N) is 2. The van der Waals surface area contributed by atoms with Gasteiger partial charge in [-0.1, -0.05) is 6.92 Å². The lowest BCUT2D eigenvalue weighted by atomic mass is 10.1. The molecule has 2 aromatic heterocycles. The Kier molecular flexibility index (Phi) is 4.20. The molecule has 0 saturated carbocycles. The number of furan rings is 1. The maximum Gasteiger partial charge on any atom is 0.0935 e. The normalized spacial score (nSPS) is 12.8. The largest absolute Gasteiger partial charge is 0.472 e. The highest BCUT2D eigenvalue weighted by Gasteiger charge is 2.17. The van der Waals surface area contributed by atoms with Crippen molar-refractivity contribution in [3.63, 3.8) is 0 Å². The Morgan fingerprint density at radius 2 is 2.28 bits per heavy atom. The van der Waals surface area contributed by atoms with Gasteiger partial charge in [0.1, 0.15) is 0 Å². The number of nitrogens with one attached hydrogen (secondary N) is 1. The zero-order chi connectivity index (χ0) is 13.0. The molecule has 2 rings (SSSR count). The predicted molar refractivity (Wildman–Crippen MR) is 71.5 cm³/mol. The summed E-state index contributed by atoms with van der Waals surface area (Å²) in [4.78, 5) is 0. The van der Waals surface area contributed by atoms with Gasteiger partial charge in [-0.05, 0) is 44.5 Å². The van der Waals surface area contributed by atoms with Gasteiger partial charge in [0.05, 0.1) is 30.0 Å². The van der Waals surface area contributed by atoms with Crippen LogP contribution in [-0.2, 0) is 13.0 Å². The van der Waals surface area contributed by atoms with E-state index in [4.69, 9.17) is 4.42 Å². The van der Waals surface area contributed by atoms with Crippen molar-refractivity contribution in [2.45, 2.75) is 39.8 Å². The van der Waals surface area contributed by atoms with Gasteiger partial charge in [-0.15, -0.1) is 0 Å².